The van der Waals surface area contributed by atoms with Crippen molar-refractivity contribution in [1.29, 1.82) is 0 Å². The van der Waals surface area contributed by atoms with Crippen LogP contribution in [-0.2, 0) is 13.0 Å². The molecule has 1 aromatic rings. The topological polar surface area (TPSA) is 82.6 Å². The third-order valence-electron chi connectivity index (χ3n) is 2.50. The van der Waals surface area contributed by atoms with Gasteiger partial charge in [0.2, 0.25) is 11.8 Å². The first kappa shape index (κ1) is 10.5. The number of rotatable bonds is 3. The van der Waals surface area contributed by atoms with Crippen molar-refractivity contribution >= 4 is 0 Å². The lowest BCUT2D eigenvalue weighted by molar-refractivity contribution is 0.0572. The first-order chi connectivity index (χ1) is 7.19. The van der Waals surface area contributed by atoms with Crippen LogP contribution in [-0.4, -0.2) is 50.6 Å². The number of aliphatic hydroxyl groups excluding tert-OH is 2. The summed E-state index contributed by atoms with van der Waals surface area (Å²) in [5.74, 6) is 1.15. The molecule has 15 heavy (non-hydrogen) atoms. The highest BCUT2D eigenvalue weighted by Gasteiger charge is 2.30. The van der Waals surface area contributed by atoms with E-state index in [1.807, 2.05) is 11.8 Å². The molecule has 1 saturated heterocycles. The number of likely N-dealkylation sites (tertiary alicyclic amines) is 1. The predicted octanol–water partition coefficient (Wildman–Crippen LogP) is -0.831. The summed E-state index contributed by atoms with van der Waals surface area (Å²) in [4.78, 5) is 1.89. The van der Waals surface area contributed by atoms with Crippen LogP contribution >= 0.6 is 0 Å². The third kappa shape index (κ3) is 2.34. The first-order valence-electron chi connectivity index (χ1n) is 5.08. The van der Waals surface area contributed by atoms with Crippen LogP contribution in [0.4, 0.5) is 0 Å². The molecule has 1 aliphatic rings. The van der Waals surface area contributed by atoms with Gasteiger partial charge in [0.25, 0.3) is 0 Å². The van der Waals surface area contributed by atoms with E-state index in [2.05, 4.69) is 10.2 Å². The molecule has 0 bridgehead atoms. The Morgan fingerprint density at radius 2 is 1.87 bits per heavy atom. The van der Waals surface area contributed by atoms with Gasteiger partial charge in [-0.2, -0.15) is 0 Å². The molecular formula is C9H15N3O3. The van der Waals surface area contributed by atoms with Gasteiger partial charge in [0, 0.05) is 19.5 Å². The minimum Gasteiger partial charge on any atom is -0.424 e. The van der Waals surface area contributed by atoms with Crippen LogP contribution in [0.2, 0.25) is 0 Å². The standard InChI is InChI=1S/C9H15N3O3/c1-2-8-10-11-9(15-8)5-12-3-6(13)7(14)4-12/h6-7,13-14H,2-5H2,1H3/t6-,7+. The summed E-state index contributed by atoms with van der Waals surface area (Å²) in [6.07, 6.45) is -0.616. The molecule has 2 N–H and O–H groups in total. The summed E-state index contributed by atoms with van der Waals surface area (Å²) in [6.45, 7) is 3.33. The average Bonchev–Trinajstić information content (AvgIpc) is 2.76. The van der Waals surface area contributed by atoms with Crippen molar-refractivity contribution in [1.82, 2.24) is 15.1 Å². The largest absolute Gasteiger partial charge is 0.424 e. The second-order valence-electron chi connectivity index (χ2n) is 3.77. The van der Waals surface area contributed by atoms with Crippen molar-refractivity contribution in [2.45, 2.75) is 32.1 Å². The Hall–Kier alpha value is -0.980. The molecule has 2 rings (SSSR count). The fraction of sp³-hybridized carbons (Fsp3) is 0.778. The molecule has 1 aromatic heterocycles. The Balaban J connectivity index is 1.92. The van der Waals surface area contributed by atoms with E-state index in [4.69, 9.17) is 4.42 Å². The van der Waals surface area contributed by atoms with Crippen LogP contribution in [0.1, 0.15) is 18.7 Å². The van der Waals surface area contributed by atoms with E-state index < -0.39 is 12.2 Å². The number of hydrogen-bond acceptors (Lipinski definition) is 6. The summed E-state index contributed by atoms with van der Waals surface area (Å²) in [6, 6.07) is 0. The number of aryl methyl sites for hydroxylation is 1. The molecule has 6 heteroatoms. The molecule has 1 aliphatic heterocycles. The van der Waals surface area contributed by atoms with Crippen molar-refractivity contribution in [2.24, 2.45) is 0 Å². The maximum Gasteiger partial charge on any atom is 0.230 e. The van der Waals surface area contributed by atoms with Crippen LogP contribution in [0.3, 0.4) is 0 Å². The Morgan fingerprint density at radius 1 is 1.27 bits per heavy atom. The monoisotopic (exact) mass is 213 g/mol. The van der Waals surface area contributed by atoms with Gasteiger partial charge in [-0.1, -0.05) is 6.92 Å². The van der Waals surface area contributed by atoms with Crippen molar-refractivity contribution in [3.8, 4) is 0 Å². The molecule has 0 spiro atoms. The molecule has 2 heterocycles. The van der Waals surface area contributed by atoms with Gasteiger partial charge in [-0.25, -0.2) is 0 Å². The van der Waals surface area contributed by atoms with Crippen molar-refractivity contribution in [3.63, 3.8) is 0 Å². The van der Waals surface area contributed by atoms with Crippen LogP contribution < -0.4 is 0 Å². The number of hydrogen-bond donors (Lipinski definition) is 2. The van der Waals surface area contributed by atoms with Crippen LogP contribution in [0, 0.1) is 0 Å². The van der Waals surface area contributed by atoms with Gasteiger partial charge in [0.05, 0.1) is 18.8 Å². The van der Waals surface area contributed by atoms with E-state index in [0.29, 0.717) is 31.4 Å². The van der Waals surface area contributed by atoms with Gasteiger partial charge in [-0.3, -0.25) is 4.90 Å². The van der Waals surface area contributed by atoms with Gasteiger partial charge in [0.1, 0.15) is 0 Å². The highest BCUT2D eigenvalue weighted by Crippen LogP contribution is 2.13. The molecule has 6 nitrogen and oxygen atoms in total. The van der Waals surface area contributed by atoms with Crippen molar-refractivity contribution in [3.05, 3.63) is 11.8 Å². The minimum absolute atomic E-state index is 0.449. The third-order valence-corrected chi connectivity index (χ3v) is 2.50. The second kappa shape index (κ2) is 4.26. The molecule has 0 unspecified atom stereocenters. The normalized spacial score (nSPS) is 27.4. The molecule has 1 fully saturated rings. The molecule has 0 aliphatic carbocycles. The van der Waals surface area contributed by atoms with Gasteiger partial charge >= 0.3 is 0 Å². The number of nitrogens with zero attached hydrogens (tertiary/aromatic N) is 3. The van der Waals surface area contributed by atoms with Crippen molar-refractivity contribution in [2.75, 3.05) is 13.1 Å². The van der Waals surface area contributed by atoms with E-state index in [1.54, 1.807) is 0 Å². The maximum absolute atomic E-state index is 9.34. The quantitative estimate of drug-likeness (QED) is 0.682. The number of β-amino-alcohol motifs (C(OH)–C–C–N with tert-alkyl or cyclic N) is 2. The SMILES string of the molecule is CCc1nnc(CN2C[C@@H](O)[C@@H](O)C2)o1. The van der Waals surface area contributed by atoms with E-state index in [-0.39, 0.29) is 0 Å². The molecule has 0 amide bonds. The van der Waals surface area contributed by atoms with E-state index >= 15 is 0 Å². The highest BCUT2D eigenvalue weighted by atomic mass is 16.4. The Bertz CT molecular complexity index is 318. The fourth-order valence-corrected chi connectivity index (χ4v) is 1.66. The molecule has 2 atom stereocenters. The molecule has 84 valence electrons. The smallest absolute Gasteiger partial charge is 0.230 e. The van der Waals surface area contributed by atoms with Gasteiger partial charge in [-0.15, -0.1) is 10.2 Å². The zero-order chi connectivity index (χ0) is 10.8. The zero-order valence-electron chi connectivity index (χ0n) is 8.63. The van der Waals surface area contributed by atoms with E-state index in [0.717, 1.165) is 6.42 Å². The van der Waals surface area contributed by atoms with Gasteiger partial charge < -0.3 is 14.6 Å². The second-order valence-corrected chi connectivity index (χ2v) is 3.77. The summed E-state index contributed by atoms with van der Waals surface area (Å²) >= 11 is 0. The first-order valence-corrected chi connectivity index (χ1v) is 5.08. The lowest BCUT2D eigenvalue weighted by Gasteiger charge is -2.10. The van der Waals surface area contributed by atoms with Crippen molar-refractivity contribution < 1.29 is 14.6 Å². The highest BCUT2D eigenvalue weighted by molar-refractivity contribution is 4.87. The van der Waals surface area contributed by atoms with E-state index in [1.165, 1.54) is 0 Å². The summed E-state index contributed by atoms with van der Waals surface area (Å²) in [7, 11) is 0. The predicted molar refractivity (Wildman–Crippen MR) is 51.0 cm³/mol. The lowest BCUT2D eigenvalue weighted by atomic mass is 10.3. The number of aromatic nitrogens is 2. The van der Waals surface area contributed by atoms with Gasteiger partial charge in [-0.05, 0) is 0 Å². The van der Waals surface area contributed by atoms with Crippen LogP contribution in [0.5, 0.6) is 0 Å². The van der Waals surface area contributed by atoms with E-state index in [9.17, 15) is 10.2 Å². The molecule has 0 aromatic carbocycles. The van der Waals surface area contributed by atoms with Crippen LogP contribution in [0.15, 0.2) is 4.42 Å². The van der Waals surface area contributed by atoms with Crippen LogP contribution in [0.25, 0.3) is 0 Å². The Morgan fingerprint density at radius 3 is 2.40 bits per heavy atom. The minimum atomic E-state index is -0.668. The zero-order valence-corrected chi connectivity index (χ0v) is 8.63. The molecular weight excluding hydrogens is 198 g/mol. The summed E-state index contributed by atoms with van der Waals surface area (Å²) in [5, 5.41) is 26.4. The fourth-order valence-electron chi connectivity index (χ4n) is 1.66. The lowest BCUT2D eigenvalue weighted by Crippen LogP contribution is -2.22. The average molecular weight is 213 g/mol. The molecule has 0 radical (unpaired) electrons. The summed E-state index contributed by atoms with van der Waals surface area (Å²) in [5.41, 5.74) is 0. The number of aliphatic hydroxyl groups is 2. The van der Waals surface area contributed by atoms with Gasteiger partial charge in [0.15, 0.2) is 0 Å². The Labute approximate surface area is 87.5 Å². The summed E-state index contributed by atoms with van der Waals surface area (Å²) < 4.78 is 5.34. The molecule has 0 saturated carbocycles. The maximum atomic E-state index is 9.34. The Kier molecular flexibility index (Phi) is 2.99.